The predicted molar refractivity (Wildman–Crippen MR) is 96.8 cm³/mol. The molecule has 1 aliphatic rings. The number of hydrogen-bond acceptors (Lipinski definition) is 4. The standard InChI is InChI=1S/C19H18ClN3O/c20-16-2-3-18-15(11-16)1-4-19(22-18)23-10-7-14(12-23)13-24-17-5-8-21-9-6-17/h1-6,8-9,11,14H,7,10,12-13H2. The first-order chi connectivity index (χ1) is 11.8. The quantitative estimate of drug-likeness (QED) is 0.714. The highest BCUT2D eigenvalue weighted by Crippen LogP contribution is 2.26. The Labute approximate surface area is 146 Å². The van der Waals surface area contributed by atoms with Crippen LogP contribution in [0.15, 0.2) is 54.9 Å². The van der Waals surface area contributed by atoms with Gasteiger partial charge >= 0.3 is 0 Å². The summed E-state index contributed by atoms with van der Waals surface area (Å²) < 4.78 is 5.86. The van der Waals surface area contributed by atoms with Crippen molar-refractivity contribution >= 4 is 28.3 Å². The fraction of sp³-hybridized carbons (Fsp3) is 0.263. The summed E-state index contributed by atoms with van der Waals surface area (Å²) in [7, 11) is 0. The van der Waals surface area contributed by atoms with Gasteiger partial charge in [0.05, 0.1) is 12.1 Å². The van der Waals surface area contributed by atoms with Crippen LogP contribution in [0.1, 0.15) is 6.42 Å². The Kier molecular flexibility index (Phi) is 4.22. The molecule has 2 aromatic heterocycles. The number of pyridine rings is 2. The van der Waals surface area contributed by atoms with E-state index in [1.165, 1.54) is 0 Å². The van der Waals surface area contributed by atoms with Gasteiger partial charge in [0.15, 0.2) is 0 Å². The normalized spacial score (nSPS) is 17.4. The van der Waals surface area contributed by atoms with Crippen molar-refractivity contribution in [1.82, 2.24) is 9.97 Å². The van der Waals surface area contributed by atoms with E-state index < -0.39 is 0 Å². The minimum atomic E-state index is 0.515. The second-order valence-corrected chi connectivity index (χ2v) is 6.54. The number of nitrogens with zero attached hydrogens (tertiary/aromatic N) is 3. The van der Waals surface area contributed by atoms with Crippen LogP contribution in [0.5, 0.6) is 5.75 Å². The number of rotatable bonds is 4. The number of benzene rings is 1. The lowest BCUT2D eigenvalue weighted by Crippen LogP contribution is -2.22. The number of aromatic nitrogens is 2. The van der Waals surface area contributed by atoms with Crippen molar-refractivity contribution < 1.29 is 4.74 Å². The molecule has 0 spiro atoms. The van der Waals surface area contributed by atoms with Crippen molar-refractivity contribution in [2.24, 2.45) is 5.92 Å². The highest BCUT2D eigenvalue weighted by atomic mass is 35.5. The van der Waals surface area contributed by atoms with Crippen LogP contribution in [-0.2, 0) is 0 Å². The molecule has 3 heterocycles. The largest absolute Gasteiger partial charge is 0.493 e. The third kappa shape index (κ3) is 3.29. The van der Waals surface area contributed by atoms with Crippen LogP contribution in [0.2, 0.25) is 5.02 Å². The van der Waals surface area contributed by atoms with Crippen molar-refractivity contribution in [3.63, 3.8) is 0 Å². The molecule has 1 fully saturated rings. The summed E-state index contributed by atoms with van der Waals surface area (Å²) in [4.78, 5) is 11.1. The summed E-state index contributed by atoms with van der Waals surface area (Å²) in [6, 6.07) is 13.8. The van der Waals surface area contributed by atoms with E-state index in [1.54, 1.807) is 12.4 Å². The number of ether oxygens (including phenoxy) is 1. The molecule has 1 unspecified atom stereocenters. The van der Waals surface area contributed by atoms with Gasteiger partial charge in [0.25, 0.3) is 0 Å². The Morgan fingerprint density at radius 1 is 1.12 bits per heavy atom. The zero-order chi connectivity index (χ0) is 16.4. The Hall–Kier alpha value is -2.33. The monoisotopic (exact) mass is 339 g/mol. The van der Waals surface area contributed by atoms with Gasteiger partial charge < -0.3 is 9.64 Å². The van der Waals surface area contributed by atoms with Crippen LogP contribution in [-0.4, -0.2) is 29.7 Å². The van der Waals surface area contributed by atoms with Crippen LogP contribution < -0.4 is 9.64 Å². The Morgan fingerprint density at radius 3 is 2.88 bits per heavy atom. The Morgan fingerprint density at radius 2 is 2.00 bits per heavy atom. The molecular weight excluding hydrogens is 322 g/mol. The van der Waals surface area contributed by atoms with Crippen LogP contribution in [0.3, 0.4) is 0 Å². The molecule has 0 bridgehead atoms. The zero-order valence-corrected chi connectivity index (χ0v) is 14.0. The first-order valence-electron chi connectivity index (χ1n) is 8.12. The van der Waals surface area contributed by atoms with Crippen molar-refractivity contribution in [2.45, 2.75) is 6.42 Å². The maximum atomic E-state index is 6.03. The summed E-state index contributed by atoms with van der Waals surface area (Å²) in [6.07, 6.45) is 4.62. The van der Waals surface area contributed by atoms with E-state index in [1.807, 2.05) is 30.3 Å². The predicted octanol–water partition coefficient (Wildman–Crippen LogP) is 4.19. The summed E-state index contributed by atoms with van der Waals surface area (Å²) >= 11 is 6.03. The van der Waals surface area contributed by atoms with Gasteiger partial charge in [0.2, 0.25) is 0 Å². The molecule has 4 nitrogen and oxygen atoms in total. The molecule has 0 saturated carbocycles. The maximum absolute atomic E-state index is 6.03. The highest BCUT2D eigenvalue weighted by molar-refractivity contribution is 6.31. The van der Waals surface area contributed by atoms with Gasteiger partial charge in [-0.2, -0.15) is 0 Å². The van der Waals surface area contributed by atoms with Gasteiger partial charge in [-0.05, 0) is 48.9 Å². The van der Waals surface area contributed by atoms with Crippen LogP contribution in [0.25, 0.3) is 10.9 Å². The van der Waals surface area contributed by atoms with Crippen LogP contribution >= 0.6 is 11.6 Å². The van der Waals surface area contributed by atoms with Gasteiger partial charge in [-0.15, -0.1) is 0 Å². The average Bonchev–Trinajstić information content (AvgIpc) is 3.09. The van der Waals surface area contributed by atoms with E-state index in [4.69, 9.17) is 21.3 Å². The third-order valence-corrected chi connectivity index (χ3v) is 4.62. The number of fused-ring (bicyclic) bond motifs is 1. The number of hydrogen-bond donors (Lipinski definition) is 0. The SMILES string of the molecule is Clc1ccc2nc(N3CCC(COc4ccncc4)C3)ccc2c1. The van der Waals surface area contributed by atoms with E-state index >= 15 is 0 Å². The molecule has 0 amide bonds. The summed E-state index contributed by atoms with van der Waals surface area (Å²) in [5.74, 6) is 2.42. The first-order valence-corrected chi connectivity index (χ1v) is 8.50. The van der Waals surface area contributed by atoms with Gasteiger partial charge in [0.1, 0.15) is 11.6 Å². The van der Waals surface area contributed by atoms with Gasteiger partial charge in [-0.3, -0.25) is 4.98 Å². The van der Waals surface area contributed by atoms with E-state index in [-0.39, 0.29) is 0 Å². The molecule has 122 valence electrons. The fourth-order valence-corrected chi connectivity index (χ4v) is 3.27. The third-order valence-electron chi connectivity index (χ3n) is 4.38. The smallest absolute Gasteiger partial charge is 0.129 e. The molecule has 5 heteroatoms. The van der Waals surface area contributed by atoms with Crippen LogP contribution in [0, 0.1) is 5.92 Å². The van der Waals surface area contributed by atoms with E-state index in [9.17, 15) is 0 Å². The molecule has 1 aliphatic heterocycles. The molecule has 0 aliphatic carbocycles. The summed E-state index contributed by atoms with van der Waals surface area (Å²) in [6.45, 7) is 2.71. The molecule has 3 aromatic rings. The lowest BCUT2D eigenvalue weighted by atomic mass is 10.1. The molecule has 0 N–H and O–H groups in total. The van der Waals surface area contributed by atoms with Crippen molar-refractivity contribution in [3.8, 4) is 5.75 Å². The molecule has 1 saturated heterocycles. The zero-order valence-electron chi connectivity index (χ0n) is 13.2. The molecule has 1 aromatic carbocycles. The fourth-order valence-electron chi connectivity index (χ4n) is 3.09. The lowest BCUT2D eigenvalue weighted by molar-refractivity contribution is 0.261. The molecule has 4 rings (SSSR count). The molecule has 0 radical (unpaired) electrons. The highest BCUT2D eigenvalue weighted by Gasteiger charge is 2.24. The second kappa shape index (κ2) is 6.65. The molecule has 1 atom stereocenters. The number of anilines is 1. The van der Waals surface area contributed by atoms with Gasteiger partial charge in [0, 0.05) is 41.8 Å². The van der Waals surface area contributed by atoms with Crippen molar-refractivity contribution in [3.05, 3.63) is 59.9 Å². The van der Waals surface area contributed by atoms with Crippen molar-refractivity contribution in [2.75, 3.05) is 24.6 Å². The van der Waals surface area contributed by atoms with Crippen LogP contribution in [0.4, 0.5) is 5.82 Å². The van der Waals surface area contributed by atoms with Gasteiger partial charge in [-0.25, -0.2) is 4.98 Å². The molecular formula is C19H18ClN3O. The topological polar surface area (TPSA) is 38.2 Å². The second-order valence-electron chi connectivity index (χ2n) is 6.10. The number of halogens is 1. The maximum Gasteiger partial charge on any atom is 0.129 e. The molecule has 24 heavy (non-hydrogen) atoms. The van der Waals surface area contributed by atoms with E-state index in [0.29, 0.717) is 5.92 Å². The minimum Gasteiger partial charge on any atom is -0.493 e. The van der Waals surface area contributed by atoms with Crippen molar-refractivity contribution in [1.29, 1.82) is 0 Å². The Bertz CT molecular complexity index is 840. The average molecular weight is 340 g/mol. The van der Waals surface area contributed by atoms with Gasteiger partial charge in [-0.1, -0.05) is 11.6 Å². The van der Waals surface area contributed by atoms with E-state index in [2.05, 4.69) is 22.0 Å². The minimum absolute atomic E-state index is 0.515. The lowest BCUT2D eigenvalue weighted by Gasteiger charge is -2.18. The Balaban J connectivity index is 1.42. The first kappa shape index (κ1) is 15.2. The summed E-state index contributed by atoms with van der Waals surface area (Å²) in [5, 5.41) is 1.81. The van der Waals surface area contributed by atoms with E-state index in [0.717, 1.165) is 53.6 Å². The summed E-state index contributed by atoms with van der Waals surface area (Å²) in [5.41, 5.74) is 0.980.